The van der Waals surface area contributed by atoms with Crippen LogP contribution < -0.4 is 0 Å². The van der Waals surface area contributed by atoms with Crippen molar-refractivity contribution < 1.29 is 9.84 Å². The van der Waals surface area contributed by atoms with E-state index in [2.05, 4.69) is 11.8 Å². The molecule has 1 unspecified atom stereocenters. The highest BCUT2D eigenvalue weighted by Crippen LogP contribution is 2.12. The summed E-state index contributed by atoms with van der Waals surface area (Å²) in [4.78, 5) is 2.30. The fourth-order valence-electron chi connectivity index (χ4n) is 1.67. The Kier molecular flexibility index (Phi) is 3.71. The molecule has 1 fully saturated rings. The van der Waals surface area contributed by atoms with Crippen LogP contribution in [0.25, 0.3) is 0 Å². The number of aliphatic hydroxyl groups is 1. The number of rotatable bonds is 2. The summed E-state index contributed by atoms with van der Waals surface area (Å²) in [6.07, 6.45) is 1.07. The number of β-amino-alcohol motifs (C(OH)–C–C–N with tert-alkyl or cyclic N) is 1. The molecule has 1 aliphatic heterocycles. The van der Waals surface area contributed by atoms with Crippen molar-refractivity contribution >= 4 is 0 Å². The van der Waals surface area contributed by atoms with Gasteiger partial charge in [0, 0.05) is 25.7 Å². The van der Waals surface area contributed by atoms with Gasteiger partial charge in [0.15, 0.2) is 0 Å². The molecule has 1 N–H and O–H groups in total. The molecule has 0 saturated carbocycles. The van der Waals surface area contributed by atoms with Gasteiger partial charge >= 0.3 is 0 Å². The monoisotopic (exact) mass is 187 g/mol. The van der Waals surface area contributed by atoms with Crippen LogP contribution in [0.2, 0.25) is 0 Å². The van der Waals surface area contributed by atoms with Gasteiger partial charge in [-0.15, -0.1) is 0 Å². The molecule has 0 amide bonds. The van der Waals surface area contributed by atoms with E-state index in [-0.39, 0.29) is 0 Å². The highest BCUT2D eigenvalue weighted by atomic mass is 16.5. The van der Waals surface area contributed by atoms with Crippen LogP contribution in [0.15, 0.2) is 0 Å². The normalized spacial score (nSPS) is 27.2. The van der Waals surface area contributed by atoms with Crippen molar-refractivity contribution in [2.45, 2.75) is 38.8 Å². The second-order valence-corrected chi connectivity index (χ2v) is 4.53. The smallest absolute Gasteiger partial charge is 0.0718 e. The predicted octanol–water partition coefficient (Wildman–Crippen LogP) is 0.868. The maximum atomic E-state index is 9.70. The van der Waals surface area contributed by atoms with Crippen LogP contribution in [-0.2, 0) is 4.74 Å². The summed E-state index contributed by atoms with van der Waals surface area (Å²) in [5.41, 5.74) is -0.599. The van der Waals surface area contributed by atoms with Crippen molar-refractivity contribution in [2.24, 2.45) is 0 Å². The fourth-order valence-corrected chi connectivity index (χ4v) is 1.67. The first-order valence-electron chi connectivity index (χ1n) is 5.03. The molecule has 1 rings (SSSR count). The van der Waals surface area contributed by atoms with Crippen molar-refractivity contribution in [3.8, 4) is 0 Å². The molecule has 3 nitrogen and oxygen atoms in total. The van der Waals surface area contributed by atoms with Crippen LogP contribution in [0.5, 0.6) is 0 Å². The van der Waals surface area contributed by atoms with Crippen LogP contribution in [0.3, 0.4) is 0 Å². The predicted molar refractivity (Wildman–Crippen MR) is 52.8 cm³/mol. The largest absolute Gasteiger partial charge is 0.389 e. The first-order valence-corrected chi connectivity index (χ1v) is 5.03. The van der Waals surface area contributed by atoms with E-state index in [0.717, 1.165) is 32.7 Å². The zero-order valence-electron chi connectivity index (χ0n) is 8.92. The number of hydrogen-bond acceptors (Lipinski definition) is 3. The molecule has 1 aliphatic rings. The summed E-state index contributed by atoms with van der Waals surface area (Å²) in [5, 5.41) is 9.70. The maximum Gasteiger partial charge on any atom is 0.0718 e. The van der Waals surface area contributed by atoms with Gasteiger partial charge in [0.05, 0.1) is 12.2 Å². The summed E-state index contributed by atoms with van der Waals surface area (Å²) < 4.78 is 5.39. The first kappa shape index (κ1) is 11.0. The highest BCUT2D eigenvalue weighted by molar-refractivity contribution is 4.77. The lowest BCUT2D eigenvalue weighted by atomic mass is 10.1. The quantitative estimate of drug-likeness (QED) is 0.696. The summed E-state index contributed by atoms with van der Waals surface area (Å²) in [7, 11) is 0. The Hall–Kier alpha value is -0.120. The summed E-state index contributed by atoms with van der Waals surface area (Å²) >= 11 is 0. The van der Waals surface area contributed by atoms with Gasteiger partial charge < -0.3 is 9.84 Å². The molecule has 0 aromatic rings. The maximum absolute atomic E-state index is 9.70. The van der Waals surface area contributed by atoms with E-state index in [0.29, 0.717) is 6.04 Å². The minimum atomic E-state index is -0.599. The Morgan fingerprint density at radius 3 is 2.77 bits per heavy atom. The molecule has 0 aromatic carbocycles. The minimum absolute atomic E-state index is 0.522. The van der Waals surface area contributed by atoms with E-state index < -0.39 is 5.60 Å². The number of ether oxygens (including phenoxy) is 1. The molecule has 1 saturated heterocycles. The molecule has 3 heteroatoms. The van der Waals surface area contributed by atoms with Gasteiger partial charge in [-0.1, -0.05) is 0 Å². The van der Waals surface area contributed by atoms with E-state index in [1.807, 2.05) is 13.8 Å². The molecular weight excluding hydrogens is 166 g/mol. The average Bonchev–Trinajstić information content (AvgIpc) is 2.14. The van der Waals surface area contributed by atoms with E-state index in [4.69, 9.17) is 4.74 Å². The molecule has 78 valence electrons. The van der Waals surface area contributed by atoms with Gasteiger partial charge in [0.25, 0.3) is 0 Å². The number of nitrogens with zero attached hydrogens (tertiary/aromatic N) is 1. The Morgan fingerprint density at radius 1 is 1.46 bits per heavy atom. The molecule has 0 aromatic heterocycles. The van der Waals surface area contributed by atoms with Crippen LogP contribution >= 0.6 is 0 Å². The second kappa shape index (κ2) is 4.40. The fraction of sp³-hybridized carbons (Fsp3) is 1.00. The summed E-state index contributed by atoms with van der Waals surface area (Å²) in [5.74, 6) is 0. The Morgan fingerprint density at radius 2 is 2.15 bits per heavy atom. The van der Waals surface area contributed by atoms with Crippen molar-refractivity contribution in [2.75, 3.05) is 26.3 Å². The third-order valence-corrected chi connectivity index (χ3v) is 2.42. The zero-order chi connectivity index (χ0) is 9.90. The zero-order valence-corrected chi connectivity index (χ0v) is 8.92. The number of hydrogen-bond donors (Lipinski definition) is 1. The third-order valence-electron chi connectivity index (χ3n) is 2.42. The lowest BCUT2D eigenvalue weighted by Gasteiger charge is -2.31. The molecule has 0 spiro atoms. The molecule has 13 heavy (non-hydrogen) atoms. The minimum Gasteiger partial charge on any atom is -0.389 e. The molecule has 1 heterocycles. The van der Waals surface area contributed by atoms with Crippen molar-refractivity contribution in [3.63, 3.8) is 0 Å². The van der Waals surface area contributed by atoms with E-state index in [9.17, 15) is 5.11 Å². The average molecular weight is 187 g/mol. The van der Waals surface area contributed by atoms with Gasteiger partial charge in [-0.25, -0.2) is 0 Å². The van der Waals surface area contributed by atoms with Gasteiger partial charge in [0.2, 0.25) is 0 Å². The second-order valence-electron chi connectivity index (χ2n) is 4.53. The van der Waals surface area contributed by atoms with Gasteiger partial charge in [-0.05, 0) is 27.2 Å². The molecule has 0 bridgehead atoms. The van der Waals surface area contributed by atoms with Crippen LogP contribution in [0, 0.1) is 0 Å². The van der Waals surface area contributed by atoms with E-state index in [1.165, 1.54) is 0 Å². The lowest BCUT2D eigenvalue weighted by molar-refractivity contribution is 0.0234. The van der Waals surface area contributed by atoms with Gasteiger partial charge in [-0.2, -0.15) is 0 Å². The van der Waals surface area contributed by atoms with Gasteiger partial charge in [0.1, 0.15) is 0 Å². The third kappa shape index (κ3) is 4.07. The molecule has 0 aliphatic carbocycles. The first-order chi connectivity index (χ1) is 5.99. The summed E-state index contributed by atoms with van der Waals surface area (Å²) in [6, 6.07) is 0.522. The SMILES string of the molecule is CC1CCOCCN1CC(C)(C)O. The van der Waals surface area contributed by atoms with Crippen molar-refractivity contribution in [1.82, 2.24) is 4.90 Å². The highest BCUT2D eigenvalue weighted by Gasteiger charge is 2.23. The van der Waals surface area contributed by atoms with E-state index >= 15 is 0 Å². The Labute approximate surface area is 80.7 Å². The topological polar surface area (TPSA) is 32.7 Å². The summed E-state index contributed by atoms with van der Waals surface area (Å²) in [6.45, 7) is 9.21. The van der Waals surface area contributed by atoms with Crippen LogP contribution in [0.1, 0.15) is 27.2 Å². The standard InChI is InChI=1S/C10H21NO2/c1-9-4-6-13-7-5-11(9)8-10(2,3)12/h9,12H,4-8H2,1-3H3. The lowest BCUT2D eigenvalue weighted by Crippen LogP contribution is -2.43. The molecule has 0 radical (unpaired) electrons. The van der Waals surface area contributed by atoms with Crippen molar-refractivity contribution in [1.29, 1.82) is 0 Å². The molecular formula is C10H21NO2. The van der Waals surface area contributed by atoms with Crippen LogP contribution in [0.4, 0.5) is 0 Å². The van der Waals surface area contributed by atoms with Gasteiger partial charge in [-0.3, -0.25) is 4.90 Å². The Bertz CT molecular complexity index is 153. The van der Waals surface area contributed by atoms with Crippen molar-refractivity contribution in [3.05, 3.63) is 0 Å². The Balaban J connectivity index is 2.45. The van der Waals surface area contributed by atoms with E-state index in [1.54, 1.807) is 0 Å². The molecule has 1 atom stereocenters. The van der Waals surface area contributed by atoms with Crippen LogP contribution in [-0.4, -0.2) is 48.0 Å².